The van der Waals surface area contributed by atoms with Crippen molar-refractivity contribution in [2.75, 3.05) is 4.72 Å². The summed E-state index contributed by atoms with van der Waals surface area (Å²) >= 11 is 3.26. The summed E-state index contributed by atoms with van der Waals surface area (Å²) in [5.41, 5.74) is 1.74. The molecule has 0 saturated carbocycles. The Kier molecular flexibility index (Phi) is 4.50. The van der Waals surface area contributed by atoms with Crippen molar-refractivity contribution < 1.29 is 8.42 Å². The van der Waals surface area contributed by atoms with E-state index < -0.39 is 10.0 Å². The average molecular weight is 354 g/mol. The third-order valence-corrected chi connectivity index (χ3v) is 5.35. The lowest BCUT2D eigenvalue weighted by Gasteiger charge is -2.11. The molecule has 0 aromatic heterocycles. The molecule has 0 atom stereocenters. The van der Waals surface area contributed by atoms with E-state index in [0.717, 1.165) is 0 Å². The van der Waals surface area contributed by atoms with Crippen LogP contribution in [0.25, 0.3) is 0 Å². The molecule has 106 valence electrons. The van der Waals surface area contributed by atoms with Gasteiger partial charge >= 0.3 is 0 Å². The standard InChI is InChI=1S/C15H16BrNO2S/c1-11(2)12-7-9-13(10-8-12)17-20(18,19)15-6-4-3-5-14(15)16/h3-11,17H,1-2H3. The van der Waals surface area contributed by atoms with Gasteiger partial charge in [-0.25, -0.2) is 8.42 Å². The molecule has 0 aliphatic heterocycles. The van der Waals surface area contributed by atoms with E-state index in [4.69, 9.17) is 0 Å². The molecule has 0 bridgehead atoms. The van der Waals surface area contributed by atoms with E-state index >= 15 is 0 Å². The maximum atomic E-state index is 12.3. The van der Waals surface area contributed by atoms with E-state index in [1.807, 2.05) is 12.1 Å². The highest BCUT2D eigenvalue weighted by Gasteiger charge is 2.17. The first-order chi connectivity index (χ1) is 9.40. The predicted octanol–water partition coefficient (Wildman–Crippen LogP) is 4.37. The van der Waals surface area contributed by atoms with Crippen molar-refractivity contribution in [1.82, 2.24) is 0 Å². The summed E-state index contributed by atoms with van der Waals surface area (Å²) in [5, 5.41) is 0. The van der Waals surface area contributed by atoms with Crippen molar-refractivity contribution in [1.29, 1.82) is 0 Å². The van der Waals surface area contributed by atoms with Crippen LogP contribution in [0.5, 0.6) is 0 Å². The molecule has 0 aliphatic carbocycles. The Hall–Kier alpha value is -1.33. The molecular formula is C15H16BrNO2S. The lowest BCUT2D eigenvalue weighted by atomic mass is 10.0. The van der Waals surface area contributed by atoms with Crippen molar-refractivity contribution in [2.45, 2.75) is 24.7 Å². The Balaban J connectivity index is 2.27. The van der Waals surface area contributed by atoms with Crippen LogP contribution in [-0.2, 0) is 10.0 Å². The monoisotopic (exact) mass is 353 g/mol. The molecule has 2 aromatic rings. The van der Waals surface area contributed by atoms with Gasteiger partial charge in [0, 0.05) is 10.2 Å². The maximum Gasteiger partial charge on any atom is 0.263 e. The lowest BCUT2D eigenvalue weighted by Crippen LogP contribution is -2.13. The number of hydrogen-bond acceptors (Lipinski definition) is 2. The van der Waals surface area contributed by atoms with Crippen LogP contribution in [0.3, 0.4) is 0 Å². The second-order valence-corrected chi connectivity index (χ2v) is 7.32. The van der Waals surface area contributed by atoms with Gasteiger partial charge in [-0.1, -0.05) is 38.1 Å². The summed E-state index contributed by atoms with van der Waals surface area (Å²) in [6, 6.07) is 14.2. The van der Waals surface area contributed by atoms with Crippen molar-refractivity contribution >= 4 is 31.6 Å². The van der Waals surface area contributed by atoms with Crippen LogP contribution < -0.4 is 4.72 Å². The van der Waals surface area contributed by atoms with Crippen LogP contribution in [0.4, 0.5) is 5.69 Å². The summed E-state index contributed by atoms with van der Waals surface area (Å²) in [6.07, 6.45) is 0. The molecule has 0 spiro atoms. The molecule has 0 aliphatic rings. The first kappa shape index (κ1) is 15.1. The molecule has 0 heterocycles. The minimum absolute atomic E-state index is 0.230. The van der Waals surface area contributed by atoms with E-state index in [0.29, 0.717) is 16.1 Å². The number of hydrogen-bond donors (Lipinski definition) is 1. The molecular weight excluding hydrogens is 338 g/mol. The van der Waals surface area contributed by atoms with Gasteiger partial charge in [-0.2, -0.15) is 0 Å². The van der Waals surface area contributed by atoms with Crippen LogP contribution in [0, 0.1) is 0 Å². The van der Waals surface area contributed by atoms with Gasteiger partial charge in [-0.05, 0) is 51.7 Å². The SMILES string of the molecule is CC(C)c1ccc(NS(=O)(=O)c2ccccc2Br)cc1. The molecule has 2 aromatic carbocycles. The molecule has 1 N–H and O–H groups in total. The van der Waals surface area contributed by atoms with Gasteiger partial charge in [0.25, 0.3) is 10.0 Å². The molecule has 3 nitrogen and oxygen atoms in total. The van der Waals surface area contributed by atoms with E-state index in [1.165, 1.54) is 5.56 Å². The highest BCUT2D eigenvalue weighted by Crippen LogP contribution is 2.24. The number of sulfonamides is 1. The van der Waals surface area contributed by atoms with E-state index in [9.17, 15) is 8.42 Å². The molecule has 2 rings (SSSR count). The molecule has 5 heteroatoms. The van der Waals surface area contributed by atoms with Gasteiger partial charge in [-0.15, -0.1) is 0 Å². The largest absolute Gasteiger partial charge is 0.280 e. The summed E-state index contributed by atoms with van der Waals surface area (Å²) < 4.78 is 27.7. The minimum Gasteiger partial charge on any atom is -0.280 e. The lowest BCUT2D eigenvalue weighted by molar-refractivity contribution is 0.601. The number of nitrogens with one attached hydrogen (secondary N) is 1. The van der Waals surface area contributed by atoms with Crippen molar-refractivity contribution in [3.63, 3.8) is 0 Å². The van der Waals surface area contributed by atoms with Gasteiger partial charge in [0.1, 0.15) is 4.90 Å². The Morgan fingerprint density at radius 2 is 1.60 bits per heavy atom. The van der Waals surface area contributed by atoms with Crippen LogP contribution in [0.15, 0.2) is 57.9 Å². The summed E-state index contributed by atoms with van der Waals surface area (Å²) in [5.74, 6) is 0.420. The van der Waals surface area contributed by atoms with Crippen molar-refractivity contribution in [3.8, 4) is 0 Å². The van der Waals surface area contributed by atoms with Crippen LogP contribution >= 0.6 is 15.9 Å². The predicted molar refractivity (Wildman–Crippen MR) is 85.5 cm³/mol. The quantitative estimate of drug-likeness (QED) is 0.886. The van der Waals surface area contributed by atoms with Gasteiger partial charge in [-0.3, -0.25) is 4.72 Å². The second-order valence-electron chi connectivity index (χ2n) is 4.81. The van der Waals surface area contributed by atoms with Crippen LogP contribution in [-0.4, -0.2) is 8.42 Å². The Morgan fingerprint density at radius 3 is 2.15 bits per heavy atom. The smallest absolute Gasteiger partial charge is 0.263 e. The highest BCUT2D eigenvalue weighted by molar-refractivity contribution is 9.10. The van der Waals surface area contributed by atoms with Gasteiger partial charge in [0.05, 0.1) is 0 Å². The van der Waals surface area contributed by atoms with Gasteiger partial charge < -0.3 is 0 Å². The number of benzene rings is 2. The average Bonchev–Trinajstić information content (AvgIpc) is 2.39. The van der Waals surface area contributed by atoms with Crippen LogP contribution in [0.2, 0.25) is 0 Å². The fraction of sp³-hybridized carbons (Fsp3) is 0.200. The van der Waals surface area contributed by atoms with Gasteiger partial charge in [0.15, 0.2) is 0 Å². The zero-order chi connectivity index (χ0) is 14.8. The van der Waals surface area contributed by atoms with Crippen LogP contribution in [0.1, 0.15) is 25.3 Å². The second kappa shape index (κ2) is 5.97. The van der Waals surface area contributed by atoms with Crippen molar-refractivity contribution in [3.05, 3.63) is 58.6 Å². The fourth-order valence-corrected chi connectivity index (χ4v) is 3.87. The third-order valence-electron chi connectivity index (χ3n) is 2.96. The Labute approximate surface area is 128 Å². The zero-order valence-electron chi connectivity index (χ0n) is 11.3. The Morgan fingerprint density at radius 1 is 1.00 bits per heavy atom. The highest BCUT2D eigenvalue weighted by atomic mass is 79.9. The number of rotatable bonds is 4. The summed E-state index contributed by atoms with van der Waals surface area (Å²) in [7, 11) is -3.57. The first-order valence-electron chi connectivity index (χ1n) is 6.27. The molecule has 0 saturated heterocycles. The molecule has 0 amide bonds. The summed E-state index contributed by atoms with van der Waals surface area (Å²) in [6.45, 7) is 4.19. The molecule has 0 radical (unpaired) electrons. The molecule has 20 heavy (non-hydrogen) atoms. The van der Waals surface area contributed by atoms with E-state index in [2.05, 4.69) is 34.5 Å². The normalized spacial score (nSPS) is 11.6. The Bertz CT molecular complexity index is 694. The molecule has 0 fully saturated rings. The zero-order valence-corrected chi connectivity index (χ0v) is 13.7. The van der Waals surface area contributed by atoms with Gasteiger partial charge in [0.2, 0.25) is 0 Å². The topological polar surface area (TPSA) is 46.2 Å². The fourth-order valence-electron chi connectivity index (χ4n) is 1.81. The summed E-state index contributed by atoms with van der Waals surface area (Å²) in [4.78, 5) is 0.230. The van der Waals surface area contributed by atoms with E-state index in [1.54, 1.807) is 36.4 Å². The molecule has 0 unspecified atom stereocenters. The maximum absolute atomic E-state index is 12.3. The minimum atomic E-state index is -3.57. The third kappa shape index (κ3) is 3.41. The van der Waals surface area contributed by atoms with E-state index in [-0.39, 0.29) is 4.90 Å². The number of halogens is 1. The first-order valence-corrected chi connectivity index (χ1v) is 8.55. The van der Waals surface area contributed by atoms with Crippen molar-refractivity contribution in [2.24, 2.45) is 0 Å². The number of anilines is 1.